The zero-order valence-electron chi connectivity index (χ0n) is 18.0. The van der Waals surface area contributed by atoms with E-state index in [0.29, 0.717) is 11.3 Å². The minimum absolute atomic E-state index is 0.0143. The number of nitrogens with zero attached hydrogens (tertiary/aromatic N) is 4. The zero-order valence-corrected chi connectivity index (χ0v) is 18.0. The van der Waals surface area contributed by atoms with Crippen LogP contribution in [-0.2, 0) is 0 Å². The maximum Gasteiger partial charge on any atom is 0.229 e. The lowest BCUT2D eigenvalue weighted by molar-refractivity contribution is -0.00778. The van der Waals surface area contributed by atoms with Gasteiger partial charge >= 0.3 is 0 Å². The average molecular weight is 397 g/mol. The second-order valence-electron chi connectivity index (χ2n) is 9.09. The Hall–Kier alpha value is -2.72. The molecule has 1 aliphatic rings. The normalized spacial score (nSPS) is 18.8. The first-order valence-corrected chi connectivity index (χ1v) is 9.83. The van der Waals surface area contributed by atoms with Crippen molar-refractivity contribution in [3.63, 3.8) is 0 Å². The number of piperidine rings is 1. The van der Waals surface area contributed by atoms with Crippen LogP contribution < -0.4 is 10.6 Å². The largest absolute Gasteiger partial charge is 0.365 e. The molecule has 154 valence electrons. The molecule has 2 N–H and O–H groups in total. The van der Waals surface area contributed by atoms with Gasteiger partial charge in [0.2, 0.25) is 5.95 Å². The highest BCUT2D eigenvalue weighted by molar-refractivity contribution is 5.59. The Morgan fingerprint density at radius 1 is 1.21 bits per heavy atom. The Labute approximate surface area is 172 Å². The molecule has 1 fully saturated rings. The molecule has 1 aromatic heterocycles. The molecule has 0 saturated carbocycles. The second-order valence-corrected chi connectivity index (χ2v) is 9.09. The quantitative estimate of drug-likeness (QED) is 0.786. The molecule has 0 bridgehead atoms. The van der Waals surface area contributed by atoms with Gasteiger partial charge in [0.05, 0.1) is 17.8 Å². The van der Waals surface area contributed by atoms with E-state index in [4.69, 9.17) is 0 Å². The summed E-state index contributed by atoms with van der Waals surface area (Å²) in [5, 5.41) is 15.6. The molecule has 0 radical (unpaired) electrons. The molecule has 0 atom stereocenters. The van der Waals surface area contributed by atoms with Gasteiger partial charge in [-0.1, -0.05) is 6.07 Å². The lowest BCUT2D eigenvalue weighted by Crippen LogP contribution is -2.61. The predicted molar refractivity (Wildman–Crippen MR) is 114 cm³/mol. The van der Waals surface area contributed by atoms with Crippen molar-refractivity contribution >= 4 is 17.5 Å². The third-order valence-corrected chi connectivity index (χ3v) is 6.01. The maximum absolute atomic E-state index is 14.4. The average Bonchev–Trinajstić information content (AvgIpc) is 2.63. The van der Waals surface area contributed by atoms with Crippen LogP contribution in [0.25, 0.3) is 0 Å². The molecule has 1 aliphatic heterocycles. The Morgan fingerprint density at radius 2 is 1.86 bits per heavy atom. The highest BCUT2D eigenvalue weighted by Crippen LogP contribution is 2.38. The lowest BCUT2D eigenvalue weighted by Gasteiger charge is -2.53. The summed E-state index contributed by atoms with van der Waals surface area (Å²) in [6.07, 6.45) is 2.92. The standard InChI is InChI=1S/C22H29FN6/c1-14-7-8-16(9-15(14)12-24)27-20-25-13-18(23)19(28-20)26-17-10-21(2,3)29(6)22(4,5)11-17/h7-9,13,17H,10-11H2,1-6H3,(H2,25,26,27,28). The number of aromatic nitrogens is 2. The van der Waals surface area contributed by atoms with E-state index >= 15 is 0 Å². The lowest BCUT2D eigenvalue weighted by atomic mass is 9.77. The molecular weight excluding hydrogens is 367 g/mol. The van der Waals surface area contributed by atoms with Crippen LogP contribution >= 0.6 is 0 Å². The van der Waals surface area contributed by atoms with Gasteiger partial charge < -0.3 is 10.6 Å². The first-order valence-electron chi connectivity index (χ1n) is 9.83. The van der Waals surface area contributed by atoms with Crippen LogP contribution in [0.15, 0.2) is 24.4 Å². The van der Waals surface area contributed by atoms with E-state index in [2.05, 4.69) is 66.3 Å². The van der Waals surface area contributed by atoms with E-state index in [1.807, 2.05) is 19.1 Å². The van der Waals surface area contributed by atoms with Gasteiger partial charge in [-0.15, -0.1) is 0 Å². The minimum atomic E-state index is -0.480. The molecular formula is C22H29FN6. The smallest absolute Gasteiger partial charge is 0.229 e. The number of nitriles is 1. The highest BCUT2D eigenvalue weighted by Gasteiger charge is 2.43. The van der Waals surface area contributed by atoms with Crippen LogP contribution in [0.5, 0.6) is 0 Å². The topological polar surface area (TPSA) is 76.9 Å². The summed E-state index contributed by atoms with van der Waals surface area (Å²) in [7, 11) is 2.14. The highest BCUT2D eigenvalue weighted by atomic mass is 19.1. The van der Waals surface area contributed by atoms with Gasteiger partial charge in [0.1, 0.15) is 0 Å². The molecule has 1 saturated heterocycles. The summed E-state index contributed by atoms with van der Waals surface area (Å²) in [6.45, 7) is 10.7. The minimum Gasteiger partial charge on any atom is -0.365 e. The van der Waals surface area contributed by atoms with Gasteiger partial charge in [-0.3, -0.25) is 4.90 Å². The van der Waals surface area contributed by atoms with Crippen molar-refractivity contribution < 1.29 is 4.39 Å². The van der Waals surface area contributed by atoms with E-state index in [9.17, 15) is 9.65 Å². The van der Waals surface area contributed by atoms with Crippen molar-refractivity contribution in [2.45, 2.75) is 64.6 Å². The van der Waals surface area contributed by atoms with Gasteiger partial charge in [-0.05, 0) is 72.2 Å². The number of benzene rings is 1. The molecule has 0 amide bonds. The molecule has 2 heterocycles. The SMILES string of the molecule is Cc1ccc(Nc2ncc(F)c(NC3CC(C)(C)N(C)C(C)(C)C3)n2)cc1C#N. The number of halogens is 1. The van der Waals surface area contributed by atoms with Crippen LogP contribution in [0.3, 0.4) is 0 Å². The summed E-state index contributed by atoms with van der Waals surface area (Å²) >= 11 is 0. The number of nitrogens with one attached hydrogen (secondary N) is 2. The van der Waals surface area contributed by atoms with Crippen molar-refractivity contribution in [3.8, 4) is 6.07 Å². The summed E-state index contributed by atoms with van der Waals surface area (Å²) in [5.41, 5.74) is 2.13. The molecule has 0 unspecified atom stereocenters. The van der Waals surface area contributed by atoms with E-state index in [1.54, 1.807) is 6.07 Å². The van der Waals surface area contributed by atoms with E-state index in [-0.39, 0.29) is 28.9 Å². The fourth-order valence-corrected chi connectivity index (χ4v) is 4.14. The number of hydrogen-bond acceptors (Lipinski definition) is 6. The molecule has 6 nitrogen and oxygen atoms in total. The van der Waals surface area contributed by atoms with Crippen molar-refractivity contribution in [2.24, 2.45) is 0 Å². The zero-order chi connectivity index (χ0) is 21.4. The molecule has 29 heavy (non-hydrogen) atoms. The molecule has 2 aromatic rings. The van der Waals surface area contributed by atoms with Crippen molar-refractivity contribution in [2.75, 3.05) is 17.7 Å². The number of aryl methyl sites for hydroxylation is 1. The predicted octanol–water partition coefficient (Wildman–Crippen LogP) is 4.60. The fraction of sp³-hybridized carbons (Fsp3) is 0.500. The molecule has 3 rings (SSSR count). The Balaban J connectivity index is 1.80. The number of rotatable bonds is 4. The monoisotopic (exact) mass is 396 g/mol. The number of likely N-dealkylation sites (tertiary alicyclic amines) is 1. The van der Waals surface area contributed by atoms with Gasteiger partial charge in [-0.2, -0.15) is 10.2 Å². The summed E-state index contributed by atoms with van der Waals surface area (Å²) in [4.78, 5) is 10.8. The van der Waals surface area contributed by atoms with Crippen LogP contribution in [0.4, 0.5) is 21.8 Å². The van der Waals surface area contributed by atoms with Gasteiger partial charge in [0, 0.05) is 22.8 Å². The Morgan fingerprint density at radius 3 is 2.48 bits per heavy atom. The molecule has 7 heteroatoms. The molecule has 1 aromatic carbocycles. The summed E-state index contributed by atoms with van der Waals surface area (Å²) < 4.78 is 14.4. The van der Waals surface area contributed by atoms with Gasteiger partial charge in [0.25, 0.3) is 0 Å². The summed E-state index contributed by atoms with van der Waals surface area (Å²) in [6, 6.07) is 7.69. The first-order chi connectivity index (χ1) is 13.5. The Kier molecular flexibility index (Phi) is 5.50. The van der Waals surface area contributed by atoms with E-state index in [1.165, 1.54) is 6.20 Å². The first kappa shape index (κ1) is 21.0. The van der Waals surface area contributed by atoms with Gasteiger partial charge in [0.15, 0.2) is 11.6 Å². The van der Waals surface area contributed by atoms with Crippen LogP contribution in [0, 0.1) is 24.1 Å². The van der Waals surface area contributed by atoms with Crippen molar-refractivity contribution in [3.05, 3.63) is 41.3 Å². The molecule has 0 spiro atoms. The maximum atomic E-state index is 14.4. The number of anilines is 3. The fourth-order valence-electron chi connectivity index (χ4n) is 4.14. The summed E-state index contributed by atoms with van der Waals surface area (Å²) in [5.74, 6) is -0.00364. The van der Waals surface area contributed by atoms with Gasteiger partial charge in [-0.25, -0.2) is 9.37 Å². The van der Waals surface area contributed by atoms with Crippen LogP contribution in [-0.4, -0.2) is 39.0 Å². The van der Waals surface area contributed by atoms with E-state index in [0.717, 1.165) is 18.4 Å². The van der Waals surface area contributed by atoms with Crippen molar-refractivity contribution in [1.82, 2.24) is 14.9 Å². The van der Waals surface area contributed by atoms with Crippen molar-refractivity contribution in [1.29, 1.82) is 5.26 Å². The van der Waals surface area contributed by atoms with Crippen LogP contribution in [0.2, 0.25) is 0 Å². The third kappa shape index (κ3) is 4.48. The second kappa shape index (κ2) is 7.60. The Bertz CT molecular complexity index is 929. The van der Waals surface area contributed by atoms with E-state index < -0.39 is 5.82 Å². The van der Waals surface area contributed by atoms with Crippen LogP contribution in [0.1, 0.15) is 51.7 Å². The molecule has 0 aliphatic carbocycles. The number of hydrogen-bond donors (Lipinski definition) is 2. The third-order valence-electron chi connectivity index (χ3n) is 6.01.